The Morgan fingerprint density at radius 1 is 1.10 bits per heavy atom. The third-order valence-electron chi connectivity index (χ3n) is 6.59. The molecule has 5 rings (SSSR count). The molecule has 2 aromatic heterocycles. The monoisotopic (exact) mass is 544 g/mol. The summed E-state index contributed by atoms with van der Waals surface area (Å²) < 4.78 is 70.5. The third kappa shape index (κ3) is 4.87. The first-order valence-electron chi connectivity index (χ1n) is 11.7. The number of rotatable bonds is 4. The minimum atomic E-state index is -4.74. The van der Waals surface area contributed by atoms with E-state index in [-0.39, 0.29) is 41.3 Å². The van der Waals surface area contributed by atoms with Crippen LogP contribution in [0.15, 0.2) is 54.9 Å². The van der Waals surface area contributed by atoms with Crippen molar-refractivity contribution in [3.8, 4) is 11.3 Å². The van der Waals surface area contributed by atoms with Gasteiger partial charge in [0, 0.05) is 23.2 Å². The van der Waals surface area contributed by atoms with E-state index >= 15 is 0 Å². The van der Waals surface area contributed by atoms with Gasteiger partial charge in [-0.05, 0) is 42.8 Å². The molecule has 0 aliphatic carbocycles. The van der Waals surface area contributed by atoms with E-state index < -0.39 is 47.1 Å². The van der Waals surface area contributed by atoms with E-state index in [0.29, 0.717) is 5.56 Å². The molecule has 4 aromatic rings. The predicted molar refractivity (Wildman–Crippen MR) is 131 cm³/mol. The largest absolute Gasteiger partial charge is 0.418 e. The fraction of sp³-hybridized carbons (Fsp3) is 0.231. The molecule has 3 heterocycles. The molecule has 202 valence electrons. The van der Waals surface area contributed by atoms with Gasteiger partial charge in [-0.25, -0.2) is 18.3 Å². The van der Waals surface area contributed by atoms with Crippen molar-refractivity contribution in [3.63, 3.8) is 0 Å². The van der Waals surface area contributed by atoms with Crippen LogP contribution in [0, 0.1) is 12.7 Å². The fourth-order valence-corrected chi connectivity index (χ4v) is 4.63. The summed E-state index contributed by atoms with van der Waals surface area (Å²) in [5.74, 6) is -2.22. The van der Waals surface area contributed by atoms with Gasteiger partial charge in [-0.3, -0.25) is 9.59 Å². The number of nitrogens with two attached hydrogens (primary N) is 1. The van der Waals surface area contributed by atoms with E-state index in [0.717, 1.165) is 23.0 Å². The van der Waals surface area contributed by atoms with E-state index in [2.05, 4.69) is 15.4 Å². The van der Waals surface area contributed by atoms with Gasteiger partial charge in [0.15, 0.2) is 5.82 Å². The number of carbonyl (C=O) groups excluding carboxylic acids is 2. The Kier molecular flexibility index (Phi) is 6.44. The highest BCUT2D eigenvalue weighted by atomic mass is 19.4. The number of nitrogen functional groups attached to an aromatic ring is 1. The van der Waals surface area contributed by atoms with E-state index in [1.165, 1.54) is 35.2 Å². The molecule has 39 heavy (non-hydrogen) atoms. The van der Waals surface area contributed by atoms with Gasteiger partial charge >= 0.3 is 6.18 Å². The summed E-state index contributed by atoms with van der Waals surface area (Å²) in [7, 11) is 0. The van der Waals surface area contributed by atoms with Crippen molar-refractivity contribution in [3.05, 3.63) is 82.9 Å². The Morgan fingerprint density at radius 2 is 1.87 bits per heavy atom. The number of aryl methyl sites for hydroxylation is 1. The summed E-state index contributed by atoms with van der Waals surface area (Å²) in [6, 6.07) is 9.28. The lowest BCUT2D eigenvalue weighted by molar-refractivity contribution is -0.136. The Hall–Kier alpha value is -4.55. The standard InChI is InChI=1S/C26H21F5N6O2/c1-13-5-6-14(21-9-18(26(29,30)31)22-23(32)33-12-34-37(21)22)8-17(13)24(38)35-20-11-36(10-19(20)28)25(39)15-3-2-4-16(27)7-15/h2-9,12,19-20H,10-11H2,1H3,(H,35,38)(H2,32,33,34)/t19-,20+/m0/s1. The fourth-order valence-electron chi connectivity index (χ4n) is 4.63. The minimum absolute atomic E-state index is 0.0246. The zero-order chi connectivity index (χ0) is 28.1. The first kappa shape index (κ1) is 26.1. The topological polar surface area (TPSA) is 106 Å². The number of halogens is 5. The van der Waals surface area contributed by atoms with Gasteiger partial charge < -0.3 is 16.0 Å². The summed E-state index contributed by atoms with van der Waals surface area (Å²) in [5.41, 5.74) is 5.17. The number of hydrogen-bond acceptors (Lipinski definition) is 5. The van der Waals surface area contributed by atoms with E-state index in [9.17, 15) is 31.5 Å². The number of hydrogen-bond donors (Lipinski definition) is 2. The van der Waals surface area contributed by atoms with Crippen molar-refractivity contribution in [1.29, 1.82) is 0 Å². The average molecular weight is 544 g/mol. The Morgan fingerprint density at radius 3 is 2.59 bits per heavy atom. The van der Waals surface area contributed by atoms with E-state index in [1.54, 1.807) is 13.0 Å². The van der Waals surface area contributed by atoms with Crippen molar-refractivity contribution in [1.82, 2.24) is 24.8 Å². The predicted octanol–water partition coefficient (Wildman–Crippen LogP) is 4.04. The van der Waals surface area contributed by atoms with Crippen molar-refractivity contribution >= 4 is 23.1 Å². The number of nitrogens with zero attached hydrogens (tertiary/aromatic N) is 4. The van der Waals surface area contributed by atoms with Gasteiger partial charge in [0.05, 0.1) is 23.8 Å². The molecule has 1 aliphatic rings. The van der Waals surface area contributed by atoms with Crippen molar-refractivity contribution in [2.24, 2.45) is 0 Å². The number of carbonyl (C=O) groups is 2. The molecule has 0 spiro atoms. The summed E-state index contributed by atoms with van der Waals surface area (Å²) >= 11 is 0. The smallest absolute Gasteiger partial charge is 0.382 e. The molecular weight excluding hydrogens is 523 g/mol. The summed E-state index contributed by atoms with van der Waals surface area (Å²) in [6.45, 7) is 1.18. The van der Waals surface area contributed by atoms with Crippen molar-refractivity contribution < 1.29 is 31.5 Å². The second-order valence-corrected chi connectivity index (χ2v) is 9.19. The minimum Gasteiger partial charge on any atom is -0.382 e. The molecule has 1 aliphatic heterocycles. The Balaban J connectivity index is 1.41. The van der Waals surface area contributed by atoms with E-state index in [1.807, 2.05) is 0 Å². The lowest BCUT2D eigenvalue weighted by atomic mass is 10.0. The van der Waals surface area contributed by atoms with E-state index in [4.69, 9.17) is 5.73 Å². The number of aromatic nitrogens is 3. The maximum Gasteiger partial charge on any atom is 0.418 e. The molecule has 2 atom stereocenters. The number of likely N-dealkylation sites (tertiary alicyclic amines) is 1. The summed E-state index contributed by atoms with van der Waals surface area (Å²) in [5, 5.41) is 6.49. The highest BCUT2D eigenvalue weighted by molar-refractivity contribution is 5.98. The number of amides is 2. The molecule has 2 aromatic carbocycles. The van der Waals surface area contributed by atoms with Crippen molar-refractivity contribution in [2.45, 2.75) is 25.3 Å². The molecule has 2 amide bonds. The number of benzene rings is 2. The molecule has 0 bridgehead atoms. The van der Waals surface area contributed by atoms with Crippen LogP contribution >= 0.6 is 0 Å². The Labute approximate surface area is 218 Å². The first-order valence-corrected chi connectivity index (χ1v) is 11.7. The van der Waals surface area contributed by atoms with Crippen molar-refractivity contribution in [2.75, 3.05) is 18.8 Å². The molecule has 8 nitrogen and oxygen atoms in total. The molecule has 1 fully saturated rings. The van der Waals surface area contributed by atoms with Gasteiger partial charge in [0.25, 0.3) is 11.8 Å². The van der Waals surface area contributed by atoms with Crippen LogP contribution in [0.3, 0.4) is 0 Å². The maximum atomic E-state index is 14.8. The normalized spacial score (nSPS) is 17.5. The van der Waals surface area contributed by atoms with Crippen LogP contribution in [0.25, 0.3) is 16.8 Å². The van der Waals surface area contributed by atoms with Gasteiger partial charge in [0.1, 0.15) is 23.8 Å². The quantitative estimate of drug-likeness (QED) is 0.378. The lowest BCUT2D eigenvalue weighted by Crippen LogP contribution is -2.42. The van der Waals surface area contributed by atoms with Crippen LogP contribution in [0.5, 0.6) is 0 Å². The highest BCUT2D eigenvalue weighted by Crippen LogP contribution is 2.38. The first-order chi connectivity index (χ1) is 18.4. The summed E-state index contributed by atoms with van der Waals surface area (Å²) in [4.78, 5) is 30.7. The number of fused-ring (bicyclic) bond motifs is 1. The van der Waals surface area contributed by atoms with Crippen LogP contribution < -0.4 is 11.1 Å². The van der Waals surface area contributed by atoms with Crippen LogP contribution in [-0.2, 0) is 6.18 Å². The second-order valence-electron chi connectivity index (χ2n) is 9.19. The third-order valence-corrected chi connectivity index (χ3v) is 6.59. The average Bonchev–Trinajstić information content (AvgIpc) is 3.45. The van der Waals surface area contributed by atoms with Gasteiger partial charge in [-0.15, -0.1) is 0 Å². The molecule has 13 heteroatoms. The number of anilines is 1. The van der Waals surface area contributed by atoms with Crippen LogP contribution in [0.1, 0.15) is 31.8 Å². The molecule has 0 unspecified atom stereocenters. The summed E-state index contributed by atoms with van der Waals surface area (Å²) in [6.07, 6.45) is -5.30. The second kappa shape index (κ2) is 9.64. The van der Waals surface area contributed by atoms with Crippen LogP contribution in [0.4, 0.5) is 27.8 Å². The zero-order valence-corrected chi connectivity index (χ0v) is 20.3. The van der Waals surface area contributed by atoms with Gasteiger partial charge in [0.2, 0.25) is 0 Å². The number of alkyl halides is 4. The van der Waals surface area contributed by atoms with Crippen LogP contribution in [0.2, 0.25) is 0 Å². The SMILES string of the molecule is Cc1ccc(-c2cc(C(F)(F)F)c3c(N)ncnn23)cc1C(=O)N[C@@H]1CN(C(=O)c2cccc(F)c2)C[C@@H]1F. The zero-order valence-electron chi connectivity index (χ0n) is 20.3. The van der Waals surface area contributed by atoms with Gasteiger partial charge in [-0.2, -0.15) is 18.3 Å². The van der Waals surface area contributed by atoms with Gasteiger partial charge in [-0.1, -0.05) is 18.2 Å². The highest BCUT2D eigenvalue weighted by Gasteiger charge is 2.38. The molecule has 3 N–H and O–H groups in total. The maximum absolute atomic E-state index is 14.8. The number of nitrogens with one attached hydrogen (secondary N) is 1. The molecular formula is C26H21F5N6O2. The molecule has 1 saturated heterocycles. The molecule has 0 saturated carbocycles. The lowest BCUT2D eigenvalue weighted by Gasteiger charge is -2.17. The Bertz CT molecular complexity index is 1600. The van der Waals surface area contributed by atoms with Crippen LogP contribution in [-0.4, -0.2) is 56.6 Å². The molecule has 0 radical (unpaired) electrons.